The van der Waals surface area contributed by atoms with E-state index in [2.05, 4.69) is 21.2 Å². The van der Waals surface area contributed by atoms with Crippen LogP contribution in [0, 0.1) is 0 Å². The van der Waals surface area contributed by atoms with Crippen molar-refractivity contribution in [2.45, 2.75) is 13.0 Å². The number of halogens is 1. The number of fused-ring (bicyclic) bond motifs is 1. The Labute approximate surface area is 195 Å². The van der Waals surface area contributed by atoms with Crippen molar-refractivity contribution in [2.75, 3.05) is 18.5 Å². The van der Waals surface area contributed by atoms with Crippen LogP contribution < -0.4 is 10.2 Å². The zero-order valence-electron chi connectivity index (χ0n) is 17.7. The Morgan fingerprint density at radius 2 is 1.75 bits per heavy atom. The SMILES string of the molecule is CN(C(=O)Cn1c(CCNC(=O)c2cccc(Br)c2)nc2ccccc21)c1ccccc1. The van der Waals surface area contributed by atoms with Crippen LogP contribution in [0.5, 0.6) is 0 Å². The fraction of sp³-hybridized carbons (Fsp3) is 0.160. The van der Waals surface area contributed by atoms with Crippen LogP contribution in [0.15, 0.2) is 83.3 Å². The highest BCUT2D eigenvalue weighted by atomic mass is 79.9. The molecule has 0 bridgehead atoms. The van der Waals surface area contributed by atoms with E-state index in [0.29, 0.717) is 18.5 Å². The van der Waals surface area contributed by atoms with Crippen LogP contribution in [0.4, 0.5) is 5.69 Å². The number of nitrogens with zero attached hydrogens (tertiary/aromatic N) is 3. The maximum atomic E-state index is 13.0. The molecule has 32 heavy (non-hydrogen) atoms. The lowest BCUT2D eigenvalue weighted by Gasteiger charge is -2.18. The van der Waals surface area contributed by atoms with E-state index in [1.54, 1.807) is 24.1 Å². The van der Waals surface area contributed by atoms with Crippen molar-refractivity contribution in [1.29, 1.82) is 0 Å². The van der Waals surface area contributed by atoms with Crippen molar-refractivity contribution in [3.8, 4) is 0 Å². The Kier molecular flexibility index (Phi) is 6.66. The molecular formula is C25H23BrN4O2. The number of benzene rings is 3. The number of anilines is 1. The first-order valence-corrected chi connectivity index (χ1v) is 11.1. The molecule has 3 aromatic carbocycles. The number of rotatable bonds is 7. The van der Waals surface area contributed by atoms with E-state index >= 15 is 0 Å². The zero-order chi connectivity index (χ0) is 22.5. The molecule has 0 radical (unpaired) electrons. The number of aromatic nitrogens is 2. The molecule has 1 N–H and O–H groups in total. The van der Waals surface area contributed by atoms with Gasteiger partial charge in [0.2, 0.25) is 5.91 Å². The summed E-state index contributed by atoms with van der Waals surface area (Å²) >= 11 is 3.39. The number of amides is 2. The van der Waals surface area contributed by atoms with Gasteiger partial charge in [0.25, 0.3) is 5.91 Å². The van der Waals surface area contributed by atoms with Gasteiger partial charge in [-0.3, -0.25) is 9.59 Å². The van der Waals surface area contributed by atoms with Crippen LogP contribution in [0.25, 0.3) is 11.0 Å². The average Bonchev–Trinajstić information content (AvgIpc) is 3.16. The van der Waals surface area contributed by atoms with E-state index in [1.807, 2.05) is 71.3 Å². The summed E-state index contributed by atoms with van der Waals surface area (Å²) in [5.74, 6) is 0.572. The lowest BCUT2D eigenvalue weighted by Crippen LogP contribution is -2.31. The van der Waals surface area contributed by atoms with E-state index in [-0.39, 0.29) is 18.4 Å². The predicted octanol–water partition coefficient (Wildman–Crippen LogP) is 4.43. The number of hydrogen-bond donors (Lipinski definition) is 1. The molecule has 0 atom stereocenters. The Hall–Kier alpha value is -3.45. The number of carbonyl (C=O) groups is 2. The molecule has 4 rings (SSSR count). The molecule has 1 aromatic heterocycles. The third kappa shape index (κ3) is 4.89. The highest BCUT2D eigenvalue weighted by molar-refractivity contribution is 9.10. The highest BCUT2D eigenvalue weighted by Gasteiger charge is 2.17. The van der Waals surface area contributed by atoms with Crippen molar-refractivity contribution in [3.05, 3.63) is 94.7 Å². The molecule has 162 valence electrons. The van der Waals surface area contributed by atoms with E-state index in [4.69, 9.17) is 4.98 Å². The van der Waals surface area contributed by atoms with Gasteiger partial charge in [0.05, 0.1) is 11.0 Å². The van der Waals surface area contributed by atoms with Crippen molar-refractivity contribution in [1.82, 2.24) is 14.9 Å². The standard InChI is InChI=1S/C25H23BrN4O2/c1-29(20-10-3-2-4-11-20)24(31)17-30-22-13-6-5-12-21(22)28-23(30)14-15-27-25(32)18-8-7-9-19(26)16-18/h2-13,16H,14-15,17H2,1H3,(H,27,32). The number of nitrogens with one attached hydrogen (secondary N) is 1. The monoisotopic (exact) mass is 490 g/mol. The number of imidazole rings is 1. The minimum absolute atomic E-state index is 0.0428. The first-order chi connectivity index (χ1) is 15.5. The lowest BCUT2D eigenvalue weighted by molar-refractivity contribution is -0.118. The van der Waals surface area contributed by atoms with Crippen LogP contribution in [0.3, 0.4) is 0 Å². The molecule has 2 amide bonds. The Morgan fingerprint density at radius 3 is 2.53 bits per heavy atom. The second-order valence-corrected chi connectivity index (χ2v) is 8.32. The first-order valence-electron chi connectivity index (χ1n) is 10.3. The number of hydrogen-bond acceptors (Lipinski definition) is 3. The molecule has 1 heterocycles. The van der Waals surface area contributed by atoms with E-state index in [0.717, 1.165) is 27.0 Å². The van der Waals surface area contributed by atoms with Gasteiger partial charge in [0.15, 0.2) is 0 Å². The summed E-state index contributed by atoms with van der Waals surface area (Å²) in [6.07, 6.45) is 0.511. The molecule has 0 unspecified atom stereocenters. The molecule has 0 saturated carbocycles. The van der Waals surface area contributed by atoms with Gasteiger partial charge in [-0.25, -0.2) is 4.98 Å². The van der Waals surface area contributed by atoms with Gasteiger partial charge in [-0.2, -0.15) is 0 Å². The minimum Gasteiger partial charge on any atom is -0.352 e. The molecule has 0 spiro atoms. The van der Waals surface area contributed by atoms with Gasteiger partial charge in [0, 0.05) is 35.7 Å². The minimum atomic E-state index is -0.145. The first kappa shape index (κ1) is 21.8. The summed E-state index contributed by atoms with van der Waals surface area (Å²) in [6.45, 7) is 0.582. The van der Waals surface area contributed by atoms with E-state index in [1.165, 1.54) is 0 Å². The fourth-order valence-electron chi connectivity index (χ4n) is 3.55. The van der Waals surface area contributed by atoms with Gasteiger partial charge in [-0.15, -0.1) is 0 Å². The number of para-hydroxylation sites is 3. The molecule has 0 saturated heterocycles. The molecule has 4 aromatic rings. The highest BCUT2D eigenvalue weighted by Crippen LogP contribution is 2.18. The smallest absolute Gasteiger partial charge is 0.251 e. The zero-order valence-corrected chi connectivity index (χ0v) is 19.2. The normalized spacial score (nSPS) is 10.8. The second-order valence-electron chi connectivity index (χ2n) is 7.41. The predicted molar refractivity (Wildman–Crippen MR) is 130 cm³/mol. The van der Waals surface area contributed by atoms with E-state index in [9.17, 15) is 9.59 Å². The molecule has 0 aliphatic rings. The molecular weight excluding hydrogens is 468 g/mol. The fourth-order valence-corrected chi connectivity index (χ4v) is 3.95. The Morgan fingerprint density at radius 1 is 1.00 bits per heavy atom. The summed E-state index contributed by atoms with van der Waals surface area (Å²) < 4.78 is 2.79. The van der Waals surface area contributed by atoms with Gasteiger partial charge in [-0.1, -0.05) is 52.3 Å². The third-order valence-electron chi connectivity index (χ3n) is 5.27. The van der Waals surface area contributed by atoms with Crippen molar-refractivity contribution >= 4 is 44.5 Å². The molecule has 0 aliphatic carbocycles. The van der Waals surface area contributed by atoms with Gasteiger partial charge >= 0.3 is 0 Å². The van der Waals surface area contributed by atoms with Crippen molar-refractivity contribution in [2.24, 2.45) is 0 Å². The summed E-state index contributed by atoms with van der Waals surface area (Å²) in [5, 5.41) is 2.94. The third-order valence-corrected chi connectivity index (χ3v) is 5.76. The van der Waals surface area contributed by atoms with Crippen LogP contribution >= 0.6 is 15.9 Å². The van der Waals surface area contributed by atoms with Gasteiger partial charge in [-0.05, 0) is 42.5 Å². The average molecular weight is 491 g/mol. The molecule has 6 nitrogen and oxygen atoms in total. The van der Waals surface area contributed by atoms with Gasteiger partial charge in [0.1, 0.15) is 12.4 Å². The quantitative estimate of drug-likeness (QED) is 0.416. The lowest BCUT2D eigenvalue weighted by atomic mass is 10.2. The topological polar surface area (TPSA) is 67.2 Å². The van der Waals surface area contributed by atoms with Crippen LogP contribution in [0.1, 0.15) is 16.2 Å². The Bertz CT molecular complexity index is 1250. The summed E-state index contributed by atoms with van der Waals surface area (Å²) in [6, 6.07) is 24.6. The van der Waals surface area contributed by atoms with Crippen LogP contribution in [-0.2, 0) is 17.8 Å². The number of carbonyl (C=O) groups excluding carboxylic acids is 2. The summed E-state index contributed by atoms with van der Waals surface area (Å²) in [4.78, 5) is 31.8. The van der Waals surface area contributed by atoms with E-state index < -0.39 is 0 Å². The maximum Gasteiger partial charge on any atom is 0.251 e. The number of likely N-dealkylation sites (N-methyl/N-ethyl adjacent to an activating group) is 1. The van der Waals surface area contributed by atoms with Crippen LogP contribution in [0.2, 0.25) is 0 Å². The molecule has 0 aliphatic heterocycles. The van der Waals surface area contributed by atoms with Crippen LogP contribution in [-0.4, -0.2) is 35.0 Å². The Balaban J connectivity index is 1.50. The summed E-state index contributed by atoms with van der Waals surface area (Å²) in [5.41, 5.74) is 3.16. The summed E-state index contributed by atoms with van der Waals surface area (Å²) in [7, 11) is 1.77. The van der Waals surface area contributed by atoms with Crippen molar-refractivity contribution < 1.29 is 9.59 Å². The molecule has 0 fully saturated rings. The second kappa shape index (κ2) is 9.78. The van der Waals surface area contributed by atoms with Crippen molar-refractivity contribution in [3.63, 3.8) is 0 Å². The van der Waals surface area contributed by atoms with Gasteiger partial charge < -0.3 is 14.8 Å². The maximum absolute atomic E-state index is 13.0. The largest absolute Gasteiger partial charge is 0.352 e. The molecule has 7 heteroatoms.